The number of imidazole rings is 1. The van der Waals surface area contributed by atoms with E-state index in [1.54, 1.807) is 25.8 Å². The zero-order valence-electron chi connectivity index (χ0n) is 21.9. The van der Waals surface area contributed by atoms with Crippen LogP contribution in [0.1, 0.15) is 16.1 Å². The number of carbonyl (C=O) groups is 2. The van der Waals surface area contributed by atoms with Crippen molar-refractivity contribution in [3.8, 4) is 11.3 Å². The maximum Gasteiger partial charge on any atom is 0.290 e. The molecule has 4 aromatic rings. The molecule has 40 heavy (non-hydrogen) atoms. The normalized spacial score (nSPS) is 15.5. The maximum atomic E-state index is 12.4. The number of ether oxygens (including phenoxy) is 1. The molecular formula is C26H28ClN9O4. The molecular weight excluding hydrogens is 538 g/mol. The van der Waals surface area contributed by atoms with Gasteiger partial charge in [-0.2, -0.15) is 0 Å². The van der Waals surface area contributed by atoms with Crippen LogP contribution in [-0.4, -0.2) is 80.2 Å². The Labute approximate surface area is 234 Å². The van der Waals surface area contributed by atoms with E-state index < -0.39 is 5.91 Å². The number of carboxylic acid groups (broad SMARTS) is 1. The minimum Gasteiger partial charge on any atom is -0.483 e. The lowest BCUT2D eigenvalue weighted by molar-refractivity contribution is -0.191. The molecule has 2 saturated heterocycles. The fourth-order valence-corrected chi connectivity index (χ4v) is 5.25. The standard InChI is InChI=1S/C25H26ClN9O2.CH2O2/c1-28-23-20(15-6-29-7-18-19(15)30-13-34(18)2)32-21(22(27)36)24(33-23)31-17-4-3-14(5-16(17)26)8-35-9-25(10-35)11-37-12-25;2-1-3/h3-7,13H,8-12H2,1-2H3,(H2,27,36)(H2,28,31,33);1H,(H,2,3). The molecule has 0 aliphatic carbocycles. The number of likely N-dealkylation sites (tertiary alicyclic amines) is 1. The van der Waals surface area contributed by atoms with Crippen LogP contribution >= 0.6 is 11.6 Å². The molecule has 14 heteroatoms. The minimum absolute atomic E-state index is 0.0179. The number of benzene rings is 1. The number of carbonyl (C=O) groups excluding carboxylic acids is 1. The largest absolute Gasteiger partial charge is 0.483 e. The van der Waals surface area contributed by atoms with Gasteiger partial charge in [-0.3, -0.25) is 19.5 Å². The predicted molar refractivity (Wildman–Crippen MR) is 150 cm³/mol. The third-order valence-corrected chi connectivity index (χ3v) is 7.20. The Kier molecular flexibility index (Phi) is 7.52. The molecule has 2 aliphatic heterocycles. The zero-order chi connectivity index (χ0) is 28.4. The average molecular weight is 566 g/mol. The molecule has 5 N–H and O–H groups in total. The van der Waals surface area contributed by atoms with E-state index in [1.807, 2.05) is 29.8 Å². The molecule has 0 unspecified atom stereocenters. The molecule has 0 atom stereocenters. The van der Waals surface area contributed by atoms with Crippen molar-refractivity contribution in [2.24, 2.45) is 18.2 Å². The number of nitrogens with zero attached hydrogens (tertiary/aromatic N) is 6. The van der Waals surface area contributed by atoms with Crippen molar-refractivity contribution in [1.29, 1.82) is 0 Å². The lowest BCUT2D eigenvalue weighted by Gasteiger charge is -2.55. The SMILES string of the molecule is CNc1nc(Nc2ccc(CN3CC4(COC4)C3)cc2Cl)c(C(N)=O)nc1-c1cncc2c1ncn2C.O=CO. The van der Waals surface area contributed by atoms with Gasteiger partial charge in [-0.25, -0.2) is 15.0 Å². The Bertz CT molecular complexity index is 1580. The number of halogens is 1. The fourth-order valence-electron chi connectivity index (χ4n) is 5.00. The molecule has 0 bridgehead atoms. The van der Waals surface area contributed by atoms with Gasteiger partial charge in [0.1, 0.15) is 11.2 Å². The summed E-state index contributed by atoms with van der Waals surface area (Å²) in [5, 5.41) is 13.6. The average Bonchev–Trinajstić information content (AvgIpc) is 3.27. The summed E-state index contributed by atoms with van der Waals surface area (Å²) < 4.78 is 7.21. The van der Waals surface area contributed by atoms with E-state index >= 15 is 0 Å². The summed E-state index contributed by atoms with van der Waals surface area (Å²) in [5.74, 6) is -0.0857. The lowest BCUT2D eigenvalue weighted by atomic mass is 9.78. The number of rotatable bonds is 7. The second-order valence-corrected chi connectivity index (χ2v) is 10.2. The second-order valence-electron chi connectivity index (χ2n) is 9.83. The van der Waals surface area contributed by atoms with Gasteiger partial charge >= 0.3 is 0 Å². The first kappa shape index (κ1) is 27.2. The maximum absolute atomic E-state index is 12.4. The van der Waals surface area contributed by atoms with Crippen LogP contribution in [0.4, 0.5) is 17.3 Å². The van der Waals surface area contributed by atoms with E-state index in [2.05, 4.69) is 35.5 Å². The number of pyridine rings is 1. The van der Waals surface area contributed by atoms with Gasteiger partial charge in [-0.05, 0) is 17.7 Å². The number of nitrogens with two attached hydrogens (primary N) is 1. The molecule has 2 fully saturated rings. The molecule has 13 nitrogen and oxygen atoms in total. The number of amides is 1. The van der Waals surface area contributed by atoms with Crippen LogP contribution in [0.2, 0.25) is 5.02 Å². The summed E-state index contributed by atoms with van der Waals surface area (Å²) >= 11 is 6.62. The highest BCUT2D eigenvalue weighted by atomic mass is 35.5. The molecule has 6 rings (SSSR count). The molecule has 208 valence electrons. The van der Waals surface area contributed by atoms with Gasteiger partial charge < -0.3 is 30.8 Å². The zero-order valence-corrected chi connectivity index (χ0v) is 22.6. The first-order valence-corrected chi connectivity index (χ1v) is 12.7. The minimum atomic E-state index is -0.723. The molecule has 1 spiro atoms. The van der Waals surface area contributed by atoms with Gasteiger partial charge in [-0.15, -0.1) is 0 Å². The Morgan fingerprint density at radius 3 is 2.62 bits per heavy atom. The quantitative estimate of drug-likeness (QED) is 0.242. The van der Waals surface area contributed by atoms with Crippen molar-refractivity contribution in [1.82, 2.24) is 29.4 Å². The van der Waals surface area contributed by atoms with Gasteiger partial charge in [-0.1, -0.05) is 17.7 Å². The van der Waals surface area contributed by atoms with Crippen LogP contribution in [0.3, 0.4) is 0 Å². The fraction of sp³-hybridized carbons (Fsp3) is 0.308. The Balaban J connectivity index is 0.00000103. The highest BCUT2D eigenvalue weighted by Gasteiger charge is 2.48. The number of hydrogen-bond donors (Lipinski definition) is 4. The smallest absolute Gasteiger partial charge is 0.290 e. The van der Waals surface area contributed by atoms with Gasteiger partial charge in [0.2, 0.25) is 0 Å². The van der Waals surface area contributed by atoms with Gasteiger partial charge in [0.15, 0.2) is 17.3 Å². The van der Waals surface area contributed by atoms with Crippen LogP contribution < -0.4 is 16.4 Å². The molecule has 0 saturated carbocycles. The molecule has 0 radical (unpaired) electrons. The van der Waals surface area contributed by atoms with Crippen LogP contribution in [0.25, 0.3) is 22.3 Å². The Morgan fingerprint density at radius 1 is 1.25 bits per heavy atom. The first-order valence-electron chi connectivity index (χ1n) is 12.4. The van der Waals surface area contributed by atoms with Crippen LogP contribution in [-0.2, 0) is 23.1 Å². The number of anilines is 3. The summed E-state index contributed by atoms with van der Waals surface area (Å²) in [6, 6.07) is 5.80. The van der Waals surface area contributed by atoms with E-state index in [-0.39, 0.29) is 18.0 Å². The summed E-state index contributed by atoms with van der Waals surface area (Å²) in [7, 11) is 3.61. The number of primary amides is 1. The molecule has 5 heterocycles. The van der Waals surface area contributed by atoms with E-state index in [0.29, 0.717) is 38.7 Å². The molecule has 1 amide bonds. The predicted octanol–water partition coefficient (Wildman–Crippen LogP) is 2.50. The number of fused-ring (bicyclic) bond motifs is 1. The third-order valence-electron chi connectivity index (χ3n) is 6.89. The van der Waals surface area contributed by atoms with Crippen molar-refractivity contribution >= 4 is 52.3 Å². The van der Waals surface area contributed by atoms with Crippen molar-refractivity contribution in [2.45, 2.75) is 6.54 Å². The summed E-state index contributed by atoms with van der Waals surface area (Å²) in [5.41, 5.74) is 10.3. The molecule has 2 aliphatic rings. The summed E-state index contributed by atoms with van der Waals surface area (Å²) in [4.78, 5) is 41.2. The van der Waals surface area contributed by atoms with E-state index in [4.69, 9.17) is 32.0 Å². The van der Waals surface area contributed by atoms with Crippen molar-refractivity contribution in [2.75, 3.05) is 44.0 Å². The molecule has 1 aromatic carbocycles. The van der Waals surface area contributed by atoms with Gasteiger partial charge in [0.05, 0.1) is 47.5 Å². The summed E-state index contributed by atoms with van der Waals surface area (Å²) in [6.07, 6.45) is 5.06. The number of hydrogen-bond acceptors (Lipinski definition) is 10. The van der Waals surface area contributed by atoms with Gasteiger partial charge in [0.25, 0.3) is 12.4 Å². The monoisotopic (exact) mass is 565 g/mol. The van der Waals surface area contributed by atoms with E-state index in [9.17, 15) is 4.79 Å². The van der Waals surface area contributed by atoms with Crippen molar-refractivity contribution in [3.63, 3.8) is 0 Å². The van der Waals surface area contributed by atoms with Crippen LogP contribution in [0.5, 0.6) is 0 Å². The van der Waals surface area contributed by atoms with E-state index in [0.717, 1.165) is 43.9 Å². The van der Waals surface area contributed by atoms with Crippen LogP contribution in [0.15, 0.2) is 36.9 Å². The number of aryl methyl sites for hydroxylation is 1. The summed E-state index contributed by atoms with van der Waals surface area (Å²) in [6.45, 7) is 4.38. The highest BCUT2D eigenvalue weighted by molar-refractivity contribution is 6.33. The Morgan fingerprint density at radius 2 is 2.00 bits per heavy atom. The van der Waals surface area contributed by atoms with Crippen molar-refractivity contribution in [3.05, 3.63) is 53.2 Å². The third kappa shape index (κ3) is 5.13. The highest BCUT2D eigenvalue weighted by Crippen LogP contribution is 2.39. The topological polar surface area (TPSA) is 173 Å². The number of aromatic nitrogens is 5. The van der Waals surface area contributed by atoms with Gasteiger partial charge in [0, 0.05) is 45.3 Å². The first-order chi connectivity index (χ1) is 19.3. The number of nitrogens with one attached hydrogen (secondary N) is 2. The molecule has 3 aromatic heterocycles. The Hall–Kier alpha value is -4.33. The van der Waals surface area contributed by atoms with Crippen LogP contribution in [0, 0.1) is 5.41 Å². The second kappa shape index (κ2) is 11.0. The van der Waals surface area contributed by atoms with Crippen molar-refractivity contribution < 1.29 is 19.4 Å². The van der Waals surface area contributed by atoms with E-state index in [1.165, 1.54) is 0 Å². The lowest BCUT2D eigenvalue weighted by Crippen LogP contribution is -2.65.